The van der Waals surface area contributed by atoms with E-state index in [1.807, 2.05) is 4.72 Å². The predicted molar refractivity (Wildman–Crippen MR) is 105 cm³/mol. The number of aromatic nitrogens is 2. The molecule has 0 aliphatic carbocycles. The maximum Gasteiger partial charge on any atom is 0.303 e. The van der Waals surface area contributed by atoms with Crippen LogP contribution in [0.1, 0.15) is 41.5 Å². The van der Waals surface area contributed by atoms with Crippen LogP contribution in [0.15, 0.2) is 23.2 Å². The summed E-state index contributed by atoms with van der Waals surface area (Å²) >= 11 is 0. The maximum atomic E-state index is 13.0. The predicted octanol–water partition coefficient (Wildman–Crippen LogP) is 1.61. The van der Waals surface area contributed by atoms with Crippen LogP contribution in [0.4, 0.5) is 17.1 Å². The van der Waals surface area contributed by atoms with Crippen LogP contribution in [0.3, 0.4) is 0 Å². The molecule has 0 saturated carbocycles. The van der Waals surface area contributed by atoms with Crippen LogP contribution >= 0.6 is 0 Å². The fraction of sp³-hybridized carbons (Fsp3) is 0.375. The summed E-state index contributed by atoms with van der Waals surface area (Å²) in [6.07, 6.45) is 2.65. The number of anilines is 1. The number of sulfonamides is 1. The Hall–Kier alpha value is -3.59. The monoisotopic (exact) mass is 454 g/mol. The first-order valence-corrected chi connectivity index (χ1v) is 10.5. The minimum Gasteiger partial charge on any atom is -0.364 e. The zero-order chi connectivity index (χ0) is 22.9. The van der Waals surface area contributed by atoms with Gasteiger partial charge in [0.2, 0.25) is 0 Å². The van der Waals surface area contributed by atoms with E-state index in [2.05, 4.69) is 5.10 Å². The Morgan fingerprint density at radius 1 is 1.29 bits per heavy atom. The van der Waals surface area contributed by atoms with Crippen LogP contribution in [0.2, 0.25) is 0 Å². The van der Waals surface area contributed by atoms with E-state index < -0.39 is 59.7 Å². The van der Waals surface area contributed by atoms with Gasteiger partial charge in [0.1, 0.15) is 22.4 Å². The van der Waals surface area contributed by atoms with Gasteiger partial charge in [-0.15, -0.1) is 0 Å². The summed E-state index contributed by atoms with van der Waals surface area (Å²) in [6, 6.07) is 1.84. The Morgan fingerprint density at radius 2 is 2.00 bits per heavy atom. The maximum absolute atomic E-state index is 13.0. The highest BCUT2D eigenvalue weighted by molar-refractivity contribution is 7.92. The molecule has 0 spiro atoms. The lowest BCUT2D eigenvalue weighted by Gasteiger charge is -2.22. The molecule has 1 atom stereocenters. The summed E-state index contributed by atoms with van der Waals surface area (Å²) in [5.74, 6) is -1.12. The average molecular weight is 454 g/mol. The second-order valence-corrected chi connectivity index (χ2v) is 8.38. The Bertz CT molecular complexity index is 1170. The Kier molecular flexibility index (Phi) is 5.90. The Labute approximate surface area is 175 Å². The fourth-order valence-corrected chi connectivity index (χ4v) is 4.43. The van der Waals surface area contributed by atoms with Crippen molar-refractivity contribution in [2.24, 2.45) is 5.73 Å². The summed E-state index contributed by atoms with van der Waals surface area (Å²) < 4.78 is 34.6. The normalized spacial score (nSPS) is 16.6. The molecule has 166 valence electrons. The van der Waals surface area contributed by atoms with Crippen molar-refractivity contribution in [3.05, 3.63) is 49.8 Å². The number of nitro benzene ring substituents is 2. The van der Waals surface area contributed by atoms with Crippen molar-refractivity contribution in [3.63, 3.8) is 0 Å². The summed E-state index contributed by atoms with van der Waals surface area (Å²) in [6.45, 7) is 1.56. The SMILES string of the molecule is Cc1c([N+](=O)[O-])ccc(NS(=O)(=O)c2cn(C3CCCCO3)nc2C(N)=O)c1[N+](=O)[O-]. The van der Waals surface area contributed by atoms with Gasteiger partial charge in [-0.3, -0.25) is 29.7 Å². The number of carbonyl (C=O) groups is 1. The highest BCUT2D eigenvalue weighted by Gasteiger charge is 2.32. The largest absolute Gasteiger partial charge is 0.364 e. The summed E-state index contributed by atoms with van der Waals surface area (Å²) in [4.78, 5) is 32.0. The number of rotatable bonds is 7. The van der Waals surface area contributed by atoms with Crippen molar-refractivity contribution < 1.29 is 27.8 Å². The van der Waals surface area contributed by atoms with Gasteiger partial charge in [0, 0.05) is 18.9 Å². The second-order valence-electron chi connectivity index (χ2n) is 6.73. The quantitative estimate of drug-likeness (QED) is 0.460. The molecule has 1 fully saturated rings. The molecule has 3 rings (SSSR count). The minimum atomic E-state index is -4.58. The third-order valence-electron chi connectivity index (χ3n) is 4.70. The number of nitrogens with zero attached hydrogens (tertiary/aromatic N) is 4. The van der Waals surface area contributed by atoms with Crippen LogP contribution in [-0.4, -0.2) is 40.6 Å². The number of benzene rings is 1. The molecule has 2 heterocycles. The van der Waals surface area contributed by atoms with Crippen LogP contribution in [0.5, 0.6) is 0 Å². The van der Waals surface area contributed by atoms with E-state index in [1.54, 1.807) is 0 Å². The van der Waals surface area contributed by atoms with E-state index in [4.69, 9.17) is 10.5 Å². The molecular formula is C16H18N6O8S. The molecule has 1 unspecified atom stereocenters. The van der Waals surface area contributed by atoms with Gasteiger partial charge in [0.05, 0.1) is 9.85 Å². The number of hydrogen-bond acceptors (Lipinski definition) is 9. The molecule has 15 heteroatoms. The molecule has 31 heavy (non-hydrogen) atoms. The molecule has 1 aromatic heterocycles. The molecular weight excluding hydrogens is 436 g/mol. The smallest absolute Gasteiger partial charge is 0.303 e. The molecule has 3 N–H and O–H groups in total. The molecule has 1 aromatic carbocycles. The van der Waals surface area contributed by atoms with Crippen LogP contribution in [0, 0.1) is 27.2 Å². The minimum absolute atomic E-state index is 0.336. The lowest BCUT2D eigenvalue weighted by Crippen LogP contribution is -2.21. The van der Waals surface area contributed by atoms with Gasteiger partial charge < -0.3 is 10.5 Å². The van der Waals surface area contributed by atoms with Crippen molar-refractivity contribution in [2.75, 3.05) is 11.3 Å². The van der Waals surface area contributed by atoms with Gasteiger partial charge in [0.15, 0.2) is 5.69 Å². The standard InChI is InChI=1S/C16H18N6O8S/c1-9-11(21(24)25)6-5-10(15(9)22(26)27)19-31(28,29)12-8-20(18-14(12)16(17)23)13-4-2-3-7-30-13/h5-6,8,13,19H,2-4,7H2,1H3,(H2,17,23). The zero-order valence-corrected chi connectivity index (χ0v) is 17.0. The first-order valence-electron chi connectivity index (χ1n) is 8.98. The van der Waals surface area contributed by atoms with Crippen molar-refractivity contribution >= 4 is 33.0 Å². The highest BCUT2D eigenvalue weighted by atomic mass is 32.2. The van der Waals surface area contributed by atoms with Crippen molar-refractivity contribution in [2.45, 2.75) is 37.3 Å². The van der Waals surface area contributed by atoms with Gasteiger partial charge in [-0.25, -0.2) is 13.1 Å². The number of nitro groups is 2. The molecule has 0 bridgehead atoms. The number of hydrogen-bond donors (Lipinski definition) is 2. The first kappa shape index (κ1) is 22.1. The number of nitrogens with one attached hydrogen (secondary N) is 1. The molecule has 14 nitrogen and oxygen atoms in total. The average Bonchev–Trinajstić information content (AvgIpc) is 3.15. The third kappa shape index (κ3) is 4.31. The number of nitrogens with two attached hydrogens (primary N) is 1. The van der Waals surface area contributed by atoms with E-state index in [-0.39, 0.29) is 5.56 Å². The van der Waals surface area contributed by atoms with Crippen LogP contribution in [-0.2, 0) is 14.8 Å². The van der Waals surface area contributed by atoms with Crippen molar-refractivity contribution in [1.29, 1.82) is 0 Å². The molecule has 2 aromatic rings. The van der Waals surface area contributed by atoms with E-state index in [0.29, 0.717) is 13.0 Å². The highest BCUT2D eigenvalue weighted by Crippen LogP contribution is 2.36. The van der Waals surface area contributed by atoms with Gasteiger partial charge >= 0.3 is 5.69 Å². The second kappa shape index (κ2) is 8.27. The van der Waals surface area contributed by atoms with Gasteiger partial charge in [-0.2, -0.15) is 5.10 Å². The van der Waals surface area contributed by atoms with Crippen molar-refractivity contribution in [3.8, 4) is 0 Å². The number of carbonyl (C=O) groups excluding carboxylic acids is 1. The Morgan fingerprint density at radius 3 is 2.55 bits per heavy atom. The molecule has 0 radical (unpaired) electrons. The summed E-state index contributed by atoms with van der Waals surface area (Å²) in [7, 11) is -4.58. The van der Waals surface area contributed by atoms with E-state index in [9.17, 15) is 33.4 Å². The lowest BCUT2D eigenvalue weighted by molar-refractivity contribution is -0.394. The van der Waals surface area contributed by atoms with E-state index in [1.165, 1.54) is 4.68 Å². The van der Waals surface area contributed by atoms with Crippen molar-refractivity contribution in [1.82, 2.24) is 9.78 Å². The van der Waals surface area contributed by atoms with E-state index >= 15 is 0 Å². The Balaban J connectivity index is 2.06. The fourth-order valence-electron chi connectivity index (χ4n) is 3.23. The number of amides is 1. The topological polar surface area (TPSA) is 203 Å². The van der Waals surface area contributed by atoms with Gasteiger partial charge in [0.25, 0.3) is 21.6 Å². The van der Waals surface area contributed by atoms with E-state index in [0.717, 1.165) is 38.1 Å². The summed E-state index contributed by atoms with van der Waals surface area (Å²) in [5, 5.41) is 26.5. The molecule has 1 aliphatic rings. The summed E-state index contributed by atoms with van der Waals surface area (Å²) in [5.41, 5.74) is 2.52. The lowest BCUT2D eigenvalue weighted by atomic mass is 10.1. The van der Waals surface area contributed by atoms with Gasteiger partial charge in [-0.05, 0) is 32.3 Å². The van der Waals surface area contributed by atoms with Crippen LogP contribution < -0.4 is 10.5 Å². The van der Waals surface area contributed by atoms with Gasteiger partial charge in [-0.1, -0.05) is 0 Å². The first-order chi connectivity index (χ1) is 14.5. The third-order valence-corrected chi connectivity index (χ3v) is 6.06. The zero-order valence-electron chi connectivity index (χ0n) is 16.2. The molecule has 1 amide bonds. The van der Waals surface area contributed by atoms with Crippen LogP contribution in [0.25, 0.3) is 0 Å². The number of primary amides is 1. The molecule has 1 saturated heterocycles. The number of ether oxygens (including phenoxy) is 1. The molecule has 1 aliphatic heterocycles.